The quantitative estimate of drug-likeness (QED) is 0.556. The summed E-state index contributed by atoms with van der Waals surface area (Å²) in [6, 6.07) is 12.2. The Bertz CT molecular complexity index is 1050. The van der Waals surface area contributed by atoms with E-state index >= 15 is 0 Å². The Labute approximate surface area is 169 Å². The first-order chi connectivity index (χ1) is 13.6. The standard InChI is InChI=1S/C23H25N3OS/c1-15-7-5-8-17(13-15)24-23(27)26-14-19-18-9-3-4-11-21(18)28-22(19)25-12-6-10-20(25)16(26)2/h5-8,10,12-13,16H,3-4,9,11,14H2,1-2H3,(H,24,27)/t16-/m1/s1. The molecule has 2 aromatic heterocycles. The van der Waals surface area contributed by atoms with Gasteiger partial charge >= 0.3 is 6.03 Å². The van der Waals surface area contributed by atoms with Crippen molar-refractivity contribution in [1.29, 1.82) is 0 Å². The van der Waals surface area contributed by atoms with Crippen molar-refractivity contribution in [3.8, 4) is 5.00 Å². The zero-order valence-electron chi connectivity index (χ0n) is 16.4. The minimum atomic E-state index is -0.0329. The molecule has 5 rings (SSSR count). The molecule has 1 aliphatic carbocycles. The molecule has 3 heterocycles. The number of urea groups is 1. The van der Waals surface area contributed by atoms with Crippen LogP contribution < -0.4 is 5.32 Å². The average Bonchev–Trinajstić information content (AvgIpc) is 3.28. The Balaban J connectivity index is 1.55. The molecule has 0 radical (unpaired) electrons. The maximum absolute atomic E-state index is 13.3. The van der Waals surface area contributed by atoms with Crippen LogP contribution in [0.15, 0.2) is 42.6 Å². The molecule has 4 nitrogen and oxygen atoms in total. The first kappa shape index (κ1) is 17.6. The Morgan fingerprint density at radius 2 is 2.00 bits per heavy atom. The highest BCUT2D eigenvalue weighted by Gasteiger charge is 2.32. The molecule has 1 atom stereocenters. The third-order valence-corrected chi connectivity index (χ3v) is 7.35. The predicted octanol–water partition coefficient (Wildman–Crippen LogP) is 5.83. The van der Waals surface area contributed by atoms with Crippen LogP contribution >= 0.6 is 11.3 Å². The highest BCUT2D eigenvalue weighted by molar-refractivity contribution is 7.15. The van der Waals surface area contributed by atoms with Crippen molar-refractivity contribution in [2.45, 2.75) is 52.1 Å². The van der Waals surface area contributed by atoms with Crippen molar-refractivity contribution >= 4 is 23.1 Å². The first-order valence-electron chi connectivity index (χ1n) is 10.1. The van der Waals surface area contributed by atoms with Crippen LogP contribution in [-0.4, -0.2) is 15.5 Å². The van der Waals surface area contributed by atoms with Gasteiger partial charge in [0, 0.05) is 28.0 Å². The van der Waals surface area contributed by atoms with E-state index in [1.165, 1.54) is 46.0 Å². The van der Waals surface area contributed by atoms with Gasteiger partial charge in [0.1, 0.15) is 5.00 Å². The van der Waals surface area contributed by atoms with Gasteiger partial charge in [-0.1, -0.05) is 12.1 Å². The third kappa shape index (κ3) is 2.85. The maximum Gasteiger partial charge on any atom is 0.322 e. The van der Waals surface area contributed by atoms with Crippen molar-refractivity contribution in [2.24, 2.45) is 0 Å². The summed E-state index contributed by atoms with van der Waals surface area (Å²) in [4.78, 5) is 16.8. The van der Waals surface area contributed by atoms with Crippen LogP contribution in [0.3, 0.4) is 0 Å². The van der Waals surface area contributed by atoms with E-state index in [0.717, 1.165) is 17.7 Å². The second-order valence-electron chi connectivity index (χ2n) is 7.90. The van der Waals surface area contributed by atoms with Crippen molar-refractivity contribution in [3.05, 3.63) is 69.9 Å². The Kier molecular flexibility index (Phi) is 4.27. The van der Waals surface area contributed by atoms with Gasteiger partial charge in [-0.15, -0.1) is 11.3 Å². The number of amides is 2. The molecule has 1 N–H and O–H groups in total. The normalized spacial score (nSPS) is 18.1. The number of benzene rings is 1. The van der Waals surface area contributed by atoms with Gasteiger partial charge in [0.05, 0.1) is 12.6 Å². The van der Waals surface area contributed by atoms with Gasteiger partial charge in [-0.3, -0.25) is 0 Å². The number of anilines is 1. The summed E-state index contributed by atoms with van der Waals surface area (Å²) >= 11 is 1.92. The number of nitrogens with zero attached hydrogens (tertiary/aromatic N) is 2. The highest BCUT2D eigenvalue weighted by Crippen LogP contribution is 2.42. The zero-order valence-corrected chi connectivity index (χ0v) is 17.2. The molecule has 1 aromatic carbocycles. The van der Waals surface area contributed by atoms with Crippen LogP contribution in [0.2, 0.25) is 0 Å². The number of aromatic nitrogens is 1. The number of carbonyl (C=O) groups excluding carboxylic acids is 1. The molecule has 0 unspecified atom stereocenters. The summed E-state index contributed by atoms with van der Waals surface area (Å²) in [7, 11) is 0. The predicted molar refractivity (Wildman–Crippen MR) is 114 cm³/mol. The van der Waals surface area contributed by atoms with Gasteiger partial charge in [0.2, 0.25) is 0 Å². The van der Waals surface area contributed by atoms with Gasteiger partial charge in [-0.2, -0.15) is 0 Å². The molecule has 1 aliphatic heterocycles. The number of carbonyl (C=O) groups is 1. The van der Waals surface area contributed by atoms with Gasteiger partial charge in [0.25, 0.3) is 0 Å². The van der Waals surface area contributed by atoms with Crippen molar-refractivity contribution in [2.75, 3.05) is 5.32 Å². The fourth-order valence-electron chi connectivity index (χ4n) is 4.53. The molecule has 2 aliphatic rings. The SMILES string of the molecule is Cc1cccc(NC(=O)N2Cc3c(sc4c3CCCC4)-n3cccc3[C@H]2C)c1. The number of nitrogens with one attached hydrogen (secondary N) is 1. The lowest BCUT2D eigenvalue weighted by atomic mass is 9.95. The minimum Gasteiger partial charge on any atom is -0.312 e. The summed E-state index contributed by atoms with van der Waals surface area (Å²) in [5.41, 5.74) is 6.01. The first-order valence-corrected chi connectivity index (χ1v) is 10.9. The van der Waals surface area contributed by atoms with Crippen molar-refractivity contribution in [1.82, 2.24) is 9.47 Å². The molecular formula is C23H25N3OS. The fourth-order valence-corrected chi connectivity index (χ4v) is 5.93. The zero-order chi connectivity index (χ0) is 19.3. The van der Waals surface area contributed by atoms with Gasteiger partial charge in [-0.25, -0.2) is 4.79 Å². The van der Waals surface area contributed by atoms with Crippen LogP contribution in [0.5, 0.6) is 0 Å². The number of aryl methyl sites for hydroxylation is 2. The minimum absolute atomic E-state index is 0.0126. The van der Waals surface area contributed by atoms with Gasteiger partial charge in [0.15, 0.2) is 0 Å². The molecule has 0 fully saturated rings. The third-order valence-electron chi connectivity index (χ3n) is 6.01. The second kappa shape index (κ2) is 6.82. The molecule has 0 saturated carbocycles. The van der Waals surface area contributed by atoms with Crippen molar-refractivity contribution < 1.29 is 4.79 Å². The monoisotopic (exact) mass is 391 g/mol. The summed E-state index contributed by atoms with van der Waals surface area (Å²) in [6.45, 7) is 4.84. The van der Waals surface area contributed by atoms with E-state index in [-0.39, 0.29) is 12.1 Å². The average molecular weight is 392 g/mol. The summed E-state index contributed by atoms with van der Waals surface area (Å²) in [6.07, 6.45) is 6.99. The number of thiophene rings is 1. The topological polar surface area (TPSA) is 37.3 Å². The molecule has 0 bridgehead atoms. The number of fused-ring (bicyclic) bond motifs is 5. The molecule has 144 valence electrons. The smallest absolute Gasteiger partial charge is 0.312 e. The Morgan fingerprint density at radius 3 is 2.86 bits per heavy atom. The number of hydrogen-bond acceptors (Lipinski definition) is 2. The number of rotatable bonds is 1. The number of hydrogen-bond donors (Lipinski definition) is 1. The lowest BCUT2D eigenvalue weighted by molar-refractivity contribution is 0.189. The molecule has 28 heavy (non-hydrogen) atoms. The summed E-state index contributed by atoms with van der Waals surface area (Å²) in [5, 5.41) is 4.43. The lowest BCUT2D eigenvalue weighted by Crippen LogP contribution is -2.36. The van der Waals surface area contributed by atoms with E-state index in [1.807, 2.05) is 47.4 Å². The molecule has 0 saturated heterocycles. The van der Waals surface area contributed by atoms with E-state index < -0.39 is 0 Å². The Morgan fingerprint density at radius 1 is 1.14 bits per heavy atom. The molecular weight excluding hydrogens is 366 g/mol. The second-order valence-corrected chi connectivity index (χ2v) is 8.98. The van der Waals surface area contributed by atoms with E-state index in [1.54, 1.807) is 0 Å². The van der Waals surface area contributed by atoms with Crippen LogP contribution in [0, 0.1) is 6.92 Å². The van der Waals surface area contributed by atoms with E-state index in [2.05, 4.69) is 35.1 Å². The van der Waals surface area contributed by atoms with Crippen LogP contribution in [0.1, 0.15) is 53.1 Å². The molecule has 0 spiro atoms. The van der Waals surface area contributed by atoms with E-state index in [0.29, 0.717) is 6.54 Å². The maximum atomic E-state index is 13.3. The van der Waals surface area contributed by atoms with Gasteiger partial charge in [-0.05, 0) is 74.9 Å². The highest BCUT2D eigenvalue weighted by atomic mass is 32.1. The summed E-state index contributed by atoms with van der Waals surface area (Å²) < 4.78 is 2.31. The van der Waals surface area contributed by atoms with Crippen LogP contribution in [0.25, 0.3) is 5.00 Å². The largest absolute Gasteiger partial charge is 0.322 e. The fraction of sp³-hybridized carbons (Fsp3) is 0.348. The van der Waals surface area contributed by atoms with Crippen LogP contribution in [-0.2, 0) is 19.4 Å². The van der Waals surface area contributed by atoms with E-state index in [9.17, 15) is 4.79 Å². The van der Waals surface area contributed by atoms with Gasteiger partial charge < -0.3 is 14.8 Å². The van der Waals surface area contributed by atoms with E-state index in [4.69, 9.17) is 0 Å². The molecule has 3 aromatic rings. The van der Waals surface area contributed by atoms with Crippen LogP contribution in [0.4, 0.5) is 10.5 Å². The summed E-state index contributed by atoms with van der Waals surface area (Å²) in [5.74, 6) is 0. The molecule has 5 heteroatoms. The van der Waals surface area contributed by atoms with Crippen molar-refractivity contribution in [3.63, 3.8) is 0 Å². The molecule has 2 amide bonds. The lowest BCUT2D eigenvalue weighted by Gasteiger charge is -2.28. The Hall–Kier alpha value is -2.53.